The number of pyridine rings is 1. The van der Waals surface area contributed by atoms with E-state index in [9.17, 15) is 4.79 Å². The van der Waals surface area contributed by atoms with Crippen LogP contribution in [0.3, 0.4) is 0 Å². The zero-order valence-corrected chi connectivity index (χ0v) is 12.9. The highest BCUT2D eigenvalue weighted by atomic mass is 16.4. The molecule has 0 saturated carbocycles. The number of carboxylic acid groups (broad SMARTS) is 1. The van der Waals surface area contributed by atoms with Gasteiger partial charge in [0.05, 0.1) is 0 Å². The van der Waals surface area contributed by atoms with Crippen molar-refractivity contribution in [1.29, 1.82) is 0 Å². The molecule has 1 atom stereocenters. The molecule has 2 rings (SSSR count). The number of rotatable bonds is 5. The molecule has 1 saturated heterocycles. The summed E-state index contributed by atoms with van der Waals surface area (Å²) in [7, 11) is 1.99. The molecule has 1 aliphatic heterocycles. The molecule has 22 heavy (non-hydrogen) atoms. The van der Waals surface area contributed by atoms with Crippen LogP contribution in [-0.2, 0) is 11.3 Å². The summed E-state index contributed by atoms with van der Waals surface area (Å²) in [5, 5.41) is 12.2. The third-order valence-corrected chi connectivity index (χ3v) is 3.46. The van der Waals surface area contributed by atoms with Gasteiger partial charge in [-0.15, -0.1) is 0 Å². The molecule has 1 unspecified atom stereocenters. The van der Waals surface area contributed by atoms with Gasteiger partial charge in [-0.1, -0.05) is 6.58 Å². The van der Waals surface area contributed by atoms with Crippen molar-refractivity contribution in [3.63, 3.8) is 0 Å². The monoisotopic (exact) mass is 305 g/mol. The molecule has 0 amide bonds. The molecular weight excluding hydrogens is 282 g/mol. The van der Waals surface area contributed by atoms with Gasteiger partial charge in [-0.25, -0.2) is 9.78 Å². The van der Waals surface area contributed by atoms with Crippen molar-refractivity contribution in [2.75, 3.05) is 20.1 Å². The first-order chi connectivity index (χ1) is 10.6. The molecule has 1 aliphatic rings. The third kappa shape index (κ3) is 6.15. The molecule has 0 aromatic carbocycles. The Kier molecular flexibility index (Phi) is 8.03. The van der Waals surface area contributed by atoms with E-state index in [4.69, 9.17) is 9.90 Å². The molecule has 6 heteroatoms. The van der Waals surface area contributed by atoms with E-state index in [1.807, 2.05) is 13.1 Å². The summed E-state index contributed by atoms with van der Waals surface area (Å²) in [6.07, 6.45) is 5.80. The Bertz CT molecular complexity index is 499. The lowest BCUT2D eigenvalue weighted by molar-refractivity contribution is -0.104. The van der Waals surface area contributed by atoms with Crippen molar-refractivity contribution >= 4 is 12.3 Å². The van der Waals surface area contributed by atoms with Crippen molar-refractivity contribution in [3.05, 3.63) is 42.2 Å². The highest BCUT2D eigenvalue weighted by Gasteiger charge is 2.18. The number of hydrogen-bond acceptors (Lipinski definition) is 5. The highest BCUT2D eigenvalue weighted by molar-refractivity contribution is 5.85. The van der Waals surface area contributed by atoms with E-state index in [1.165, 1.54) is 18.9 Å². The maximum absolute atomic E-state index is 10.9. The Labute approximate surface area is 130 Å². The van der Waals surface area contributed by atoms with Gasteiger partial charge in [0.15, 0.2) is 0 Å². The van der Waals surface area contributed by atoms with Gasteiger partial charge in [0.25, 0.3) is 0 Å². The number of aromatic nitrogens is 1. The highest BCUT2D eigenvalue weighted by Crippen LogP contribution is 2.13. The fourth-order valence-corrected chi connectivity index (χ4v) is 2.38. The molecule has 1 aromatic heterocycles. The molecular formula is C16H23N3O3. The standard InChI is InChI=1S/C13H19N3O2.C3H4O/c1-14-11-3-2-6-16(9-11)8-10-4-5-15-12(7-10)13(17)18;1-2-3-4/h4-5,7,11,14H,2-3,6,8-9H2,1H3,(H,17,18);2-3H,1H2. The van der Waals surface area contributed by atoms with Crippen LogP contribution < -0.4 is 5.32 Å². The van der Waals surface area contributed by atoms with Crippen LogP contribution in [0, 0.1) is 0 Å². The molecule has 6 nitrogen and oxygen atoms in total. The second-order valence-corrected chi connectivity index (χ2v) is 5.09. The van der Waals surface area contributed by atoms with E-state index >= 15 is 0 Å². The number of carbonyl (C=O) groups is 2. The number of hydrogen-bond donors (Lipinski definition) is 2. The fraction of sp³-hybridized carbons (Fsp3) is 0.438. The topological polar surface area (TPSA) is 82.5 Å². The van der Waals surface area contributed by atoms with Crippen LogP contribution in [0.1, 0.15) is 28.9 Å². The SMILES string of the molecule is C=CC=O.CNC1CCCN(Cc2ccnc(C(=O)O)c2)C1. The molecule has 0 spiro atoms. The van der Waals surface area contributed by atoms with Gasteiger partial charge in [-0.3, -0.25) is 9.69 Å². The van der Waals surface area contributed by atoms with Crippen molar-refractivity contribution in [1.82, 2.24) is 15.2 Å². The fourth-order valence-electron chi connectivity index (χ4n) is 2.38. The predicted molar refractivity (Wildman–Crippen MR) is 84.8 cm³/mol. The lowest BCUT2D eigenvalue weighted by Crippen LogP contribution is -2.43. The molecule has 2 N–H and O–H groups in total. The number of likely N-dealkylation sites (tertiary alicyclic amines) is 1. The third-order valence-electron chi connectivity index (χ3n) is 3.46. The van der Waals surface area contributed by atoms with Crippen LogP contribution in [0.15, 0.2) is 31.0 Å². The van der Waals surface area contributed by atoms with Crippen molar-refractivity contribution in [2.24, 2.45) is 0 Å². The molecule has 2 heterocycles. The lowest BCUT2D eigenvalue weighted by Gasteiger charge is -2.32. The van der Waals surface area contributed by atoms with Crippen LogP contribution in [0.2, 0.25) is 0 Å². The van der Waals surface area contributed by atoms with Crippen molar-refractivity contribution < 1.29 is 14.7 Å². The van der Waals surface area contributed by atoms with Crippen LogP contribution in [0.25, 0.3) is 0 Å². The summed E-state index contributed by atoms with van der Waals surface area (Å²) >= 11 is 0. The summed E-state index contributed by atoms with van der Waals surface area (Å²) < 4.78 is 0. The quantitative estimate of drug-likeness (QED) is 0.631. The number of likely N-dealkylation sites (N-methyl/N-ethyl adjacent to an activating group) is 1. The van der Waals surface area contributed by atoms with E-state index in [-0.39, 0.29) is 5.69 Å². The number of allylic oxidation sites excluding steroid dienone is 1. The molecule has 1 fully saturated rings. The molecule has 0 bridgehead atoms. The average molecular weight is 305 g/mol. The number of nitrogens with one attached hydrogen (secondary N) is 1. The van der Waals surface area contributed by atoms with Gasteiger partial charge >= 0.3 is 5.97 Å². The van der Waals surface area contributed by atoms with Crippen molar-refractivity contribution in [2.45, 2.75) is 25.4 Å². The second kappa shape index (κ2) is 9.81. The summed E-state index contributed by atoms with van der Waals surface area (Å²) in [6, 6.07) is 4.08. The predicted octanol–water partition coefficient (Wildman–Crippen LogP) is 1.33. The summed E-state index contributed by atoms with van der Waals surface area (Å²) in [4.78, 5) is 26.1. The Morgan fingerprint density at radius 1 is 1.64 bits per heavy atom. The molecule has 0 aliphatic carbocycles. The van der Waals surface area contributed by atoms with Crippen LogP contribution in [0.5, 0.6) is 0 Å². The Morgan fingerprint density at radius 2 is 2.36 bits per heavy atom. The minimum absolute atomic E-state index is 0.120. The Hall–Kier alpha value is -2.05. The first kappa shape index (κ1) is 18.0. The maximum atomic E-state index is 10.9. The summed E-state index contributed by atoms with van der Waals surface area (Å²) in [5.41, 5.74) is 1.13. The lowest BCUT2D eigenvalue weighted by atomic mass is 10.1. The van der Waals surface area contributed by atoms with Gasteiger partial charge in [0.1, 0.15) is 12.0 Å². The van der Waals surface area contributed by atoms with E-state index in [1.54, 1.807) is 12.3 Å². The second-order valence-electron chi connectivity index (χ2n) is 5.09. The minimum atomic E-state index is -0.969. The van der Waals surface area contributed by atoms with Crippen LogP contribution in [-0.4, -0.2) is 53.4 Å². The van der Waals surface area contributed by atoms with Gasteiger partial charge in [0.2, 0.25) is 0 Å². The number of carbonyl (C=O) groups excluding carboxylic acids is 1. The number of aldehydes is 1. The van der Waals surface area contributed by atoms with Gasteiger partial charge in [0, 0.05) is 25.3 Å². The number of aromatic carboxylic acids is 1. The smallest absolute Gasteiger partial charge is 0.354 e. The summed E-state index contributed by atoms with van der Waals surface area (Å²) in [6.45, 7) is 5.99. The largest absolute Gasteiger partial charge is 0.477 e. The minimum Gasteiger partial charge on any atom is -0.477 e. The van der Waals surface area contributed by atoms with E-state index in [0.717, 1.165) is 25.2 Å². The Morgan fingerprint density at radius 3 is 2.95 bits per heavy atom. The van der Waals surface area contributed by atoms with Gasteiger partial charge in [-0.2, -0.15) is 0 Å². The first-order valence-corrected chi connectivity index (χ1v) is 7.24. The number of carboxylic acids is 1. The molecule has 120 valence electrons. The average Bonchev–Trinajstić information content (AvgIpc) is 2.55. The Balaban J connectivity index is 0.000000541. The van der Waals surface area contributed by atoms with E-state index in [2.05, 4.69) is 21.8 Å². The van der Waals surface area contributed by atoms with Gasteiger partial charge in [-0.05, 0) is 50.2 Å². The zero-order valence-electron chi connectivity index (χ0n) is 12.9. The van der Waals surface area contributed by atoms with Crippen LogP contribution in [0.4, 0.5) is 0 Å². The summed E-state index contributed by atoms with van der Waals surface area (Å²) in [5.74, 6) is -0.969. The first-order valence-electron chi connectivity index (χ1n) is 7.24. The van der Waals surface area contributed by atoms with Crippen LogP contribution >= 0.6 is 0 Å². The van der Waals surface area contributed by atoms with E-state index < -0.39 is 5.97 Å². The number of nitrogens with zero attached hydrogens (tertiary/aromatic N) is 2. The zero-order chi connectivity index (χ0) is 16.4. The van der Waals surface area contributed by atoms with Crippen molar-refractivity contribution in [3.8, 4) is 0 Å². The molecule has 0 radical (unpaired) electrons. The molecule has 1 aromatic rings. The number of piperidine rings is 1. The van der Waals surface area contributed by atoms with E-state index in [0.29, 0.717) is 12.3 Å². The maximum Gasteiger partial charge on any atom is 0.354 e. The van der Waals surface area contributed by atoms with Gasteiger partial charge < -0.3 is 10.4 Å². The normalized spacial score (nSPS) is 18.0.